The summed E-state index contributed by atoms with van der Waals surface area (Å²) in [5.74, 6) is 0.135. The minimum atomic E-state index is -2.15. The first-order valence-electron chi connectivity index (χ1n) is 10.6. The number of aromatic nitrogens is 4. The molecule has 0 radical (unpaired) electrons. The molecule has 0 aliphatic heterocycles. The van der Waals surface area contributed by atoms with E-state index in [-0.39, 0.29) is 23.2 Å². The molecule has 8 nitrogen and oxygen atoms in total. The fourth-order valence-corrected chi connectivity index (χ4v) is 4.66. The molecule has 0 bridgehead atoms. The average molecular weight is 453 g/mol. The molecule has 4 rings (SSSR count). The van der Waals surface area contributed by atoms with Crippen LogP contribution in [0.1, 0.15) is 25.3 Å². The fraction of sp³-hybridized carbons (Fsp3) is 0.304. The minimum absolute atomic E-state index is 0.00237. The van der Waals surface area contributed by atoms with Gasteiger partial charge in [-0.3, -0.25) is 0 Å². The van der Waals surface area contributed by atoms with Crippen LogP contribution in [0.25, 0.3) is 28.0 Å². The molecule has 9 heteroatoms. The number of hydrogen-bond acceptors (Lipinski definition) is 5. The number of benzene rings is 2. The van der Waals surface area contributed by atoms with Gasteiger partial charge in [-0.15, -0.1) is 0 Å². The number of hydrogen-bond donors (Lipinski definition) is 4. The van der Waals surface area contributed by atoms with Crippen molar-refractivity contribution >= 4 is 19.2 Å². The minimum Gasteiger partial charge on any atom is -0.508 e. The molecule has 168 valence electrons. The Morgan fingerprint density at radius 3 is 2.53 bits per heavy atom. The second kappa shape index (κ2) is 7.99. The first-order valence-corrected chi connectivity index (χ1v) is 13.8. The van der Waals surface area contributed by atoms with Crippen molar-refractivity contribution < 1.29 is 15.0 Å². The molecule has 0 aliphatic rings. The SMILES string of the molecule is CC(C)c1cc(-c2n[nH]c(=O)n2-c2ccc3c(ccn3CC[Si](C)(C)O)c2)c(O)cc1O. The van der Waals surface area contributed by atoms with E-state index in [0.717, 1.165) is 23.5 Å². The van der Waals surface area contributed by atoms with Crippen molar-refractivity contribution in [2.75, 3.05) is 0 Å². The van der Waals surface area contributed by atoms with E-state index in [4.69, 9.17) is 0 Å². The summed E-state index contributed by atoms with van der Waals surface area (Å²) in [5, 5.41) is 28.2. The standard InChI is InChI=1S/C23H28N4O4Si/c1-14(2)17-12-18(21(29)13-20(17)28)22-24-25-23(30)27(22)16-5-6-19-15(11-16)7-8-26(19)9-10-32(3,4)31/h5-8,11-14,28-29,31H,9-10H2,1-4H3,(H,25,30). The summed E-state index contributed by atoms with van der Waals surface area (Å²) < 4.78 is 3.51. The van der Waals surface area contributed by atoms with Crippen molar-refractivity contribution in [3.8, 4) is 28.6 Å². The molecule has 2 heterocycles. The summed E-state index contributed by atoms with van der Waals surface area (Å²) in [6, 6.07) is 11.3. The average Bonchev–Trinajstić information content (AvgIpc) is 3.28. The Morgan fingerprint density at radius 1 is 1.09 bits per heavy atom. The first-order chi connectivity index (χ1) is 15.0. The van der Waals surface area contributed by atoms with Gasteiger partial charge in [-0.25, -0.2) is 14.5 Å². The third-order valence-corrected chi connectivity index (χ3v) is 7.10. The summed E-state index contributed by atoms with van der Waals surface area (Å²) in [5.41, 5.74) is 2.21. The molecular weight excluding hydrogens is 424 g/mol. The number of fused-ring (bicyclic) bond motifs is 1. The van der Waals surface area contributed by atoms with Crippen molar-refractivity contribution in [1.29, 1.82) is 0 Å². The van der Waals surface area contributed by atoms with Crippen LogP contribution in [0.4, 0.5) is 0 Å². The molecule has 0 amide bonds. The lowest BCUT2D eigenvalue weighted by Crippen LogP contribution is -2.26. The molecule has 4 aromatic rings. The van der Waals surface area contributed by atoms with Crippen LogP contribution in [0.15, 0.2) is 47.4 Å². The number of aromatic amines is 1. The lowest BCUT2D eigenvalue weighted by atomic mass is 9.98. The van der Waals surface area contributed by atoms with Crippen LogP contribution in [0, 0.1) is 0 Å². The van der Waals surface area contributed by atoms with Crippen molar-refractivity contribution in [3.63, 3.8) is 0 Å². The van der Waals surface area contributed by atoms with E-state index in [0.29, 0.717) is 16.8 Å². The molecule has 4 N–H and O–H groups in total. The zero-order chi connectivity index (χ0) is 23.2. The van der Waals surface area contributed by atoms with Gasteiger partial charge in [0.2, 0.25) is 0 Å². The third kappa shape index (κ3) is 4.08. The predicted molar refractivity (Wildman–Crippen MR) is 127 cm³/mol. The van der Waals surface area contributed by atoms with Crippen LogP contribution < -0.4 is 5.69 Å². The maximum atomic E-state index is 12.7. The van der Waals surface area contributed by atoms with Gasteiger partial charge in [0.25, 0.3) is 0 Å². The Labute approximate surface area is 186 Å². The van der Waals surface area contributed by atoms with Crippen molar-refractivity contribution in [2.24, 2.45) is 0 Å². The van der Waals surface area contributed by atoms with E-state index in [1.54, 1.807) is 6.07 Å². The van der Waals surface area contributed by atoms with Crippen LogP contribution in [-0.4, -0.2) is 42.7 Å². The summed E-state index contributed by atoms with van der Waals surface area (Å²) in [7, 11) is -2.15. The summed E-state index contributed by atoms with van der Waals surface area (Å²) in [6.45, 7) is 8.45. The molecule has 0 saturated heterocycles. The second-order valence-corrected chi connectivity index (χ2v) is 13.2. The lowest BCUT2D eigenvalue weighted by molar-refractivity contribution is 0.444. The zero-order valence-corrected chi connectivity index (χ0v) is 19.6. The number of aromatic hydroxyl groups is 2. The molecule has 0 atom stereocenters. The number of nitrogens with zero attached hydrogens (tertiary/aromatic N) is 3. The van der Waals surface area contributed by atoms with Gasteiger partial charge < -0.3 is 19.6 Å². The van der Waals surface area contributed by atoms with Crippen molar-refractivity contribution in [2.45, 2.75) is 45.4 Å². The molecular formula is C23H28N4O4Si. The number of nitrogens with one attached hydrogen (secondary N) is 1. The molecule has 2 aromatic carbocycles. The Kier molecular flexibility index (Phi) is 5.47. The van der Waals surface area contributed by atoms with Gasteiger partial charge in [-0.1, -0.05) is 13.8 Å². The van der Waals surface area contributed by atoms with Gasteiger partial charge in [-0.2, -0.15) is 5.10 Å². The molecule has 0 aliphatic carbocycles. The van der Waals surface area contributed by atoms with E-state index in [1.807, 2.05) is 57.4 Å². The lowest BCUT2D eigenvalue weighted by Gasteiger charge is -2.15. The highest BCUT2D eigenvalue weighted by molar-refractivity contribution is 6.69. The van der Waals surface area contributed by atoms with E-state index in [9.17, 15) is 19.8 Å². The van der Waals surface area contributed by atoms with Gasteiger partial charge in [0.1, 0.15) is 11.5 Å². The Morgan fingerprint density at radius 2 is 1.84 bits per heavy atom. The number of phenolic OH excluding ortho intramolecular Hbond substituents is 2. The van der Waals surface area contributed by atoms with E-state index < -0.39 is 14.0 Å². The van der Waals surface area contributed by atoms with Crippen molar-refractivity contribution in [3.05, 3.63) is 58.6 Å². The van der Waals surface area contributed by atoms with Crippen LogP contribution in [0.2, 0.25) is 19.1 Å². The first kappa shape index (κ1) is 21.9. The van der Waals surface area contributed by atoms with Crippen LogP contribution in [0.3, 0.4) is 0 Å². The third-order valence-electron chi connectivity index (χ3n) is 5.66. The van der Waals surface area contributed by atoms with Gasteiger partial charge in [0.05, 0.1) is 11.3 Å². The van der Waals surface area contributed by atoms with Crippen LogP contribution in [-0.2, 0) is 6.54 Å². The van der Waals surface area contributed by atoms with Gasteiger partial charge in [0, 0.05) is 29.7 Å². The Bertz CT molecular complexity index is 1340. The second-order valence-electron chi connectivity index (χ2n) is 9.09. The number of aryl methyl sites for hydroxylation is 1. The maximum Gasteiger partial charge on any atom is 0.348 e. The number of rotatable bonds is 6. The van der Waals surface area contributed by atoms with E-state index in [1.165, 1.54) is 10.6 Å². The molecule has 0 spiro atoms. The number of phenols is 2. The van der Waals surface area contributed by atoms with Crippen LogP contribution in [0.5, 0.6) is 11.5 Å². The molecule has 2 aromatic heterocycles. The van der Waals surface area contributed by atoms with E-state index in [2.05, 4.69) is 14.8 Å². The summed E-state index contributed by atoms with van der Waals surface area (Å²) in [6.07, 6.45) is 1.98. The Balaban J connectivity index is 1.79. The normalized spacial score (nSPS) is 12.2. The summed E-state index contributed by atoms with van der Waals surface area (Å²) in [4.78, 5) is 22.8. The largest absolute Gasteiger partial charge is 0.508 e. The monoisotopic (exact) mass is 452 g/mol. The van der Waals surface area contributed by atoms with Crippen LogP contribution >= 0.6 is 0 Å². The zero-order valence-electron chi connectivity index (χ0n) is 18.6. The quantitative estimate of drug-likeness (QED) is 0.331. The predicted octanol–water partition coefficient (Wildman–Crippen LogP) is 3.91. The van der Waals surface area contributed by atoms with Gasteiger partial charge in [0.15, 0.2) is 14.1 Å². The van der Waals surface area contributed by atoms with Gasteiger partial charge in [-0.05, 0) is 61.0 Å². The van der Waals surface area contributed by atoms with Gasteiger partial charge >= 0.3 is 5.69 Å². The molecule has 0 unspecified atom stereocenters. The maximum absolute atomic E-state index is 12.7. The molecule has 0 fully saturated rings. The smallest absolute Gasteiger partial charge is 0.348 e. The number of H-pyrrole nitrogens is 1. The molecule has 0 saturated carbocycles. The highest BCUT2D eigenvalue weighted by atomic mass is 28.4. The summed E-state index contributed by atoms with van der Waals surface area (Å²) >= 11 is 0. The molecule has 32 heavy (non-hydrogen) atoms. The van der Waals surface area contributed by atoms with Crippen molar-refractivity contribution in [1.82, 2.24) is 19.3 Å². The Hall–Kier alpha value is -3.30. The highest BCUT2D eigenvalue weighted by Gasteiger charge is 2.20. The topological polar surface area (TPSA) is 116 Å². The fourth-order valence-electron chi connectivity index (χ4n) is 3.87. The van der Waals surface area contributed by atoms with E-state index >= 15 is 0 Å². The highest BCUT2D eigenvalue weighted by Crippen LogP contribution is 2.37.